The third kappa shape index (κ3) is 4.29. The predicted octanol–water partition coefficient (Wildman–Crippen LogP) is -0.0131. The molecule has 6 N–H and O–H groups in total. The number of hydrogen-bond acceptors (Lipinski definition) is 6. The van der Waals surface area contributed by atoms with Crippen LogP contribution in [0.15, 0.2) is 12.1 Å². The van der Waals surface area contributed by atoms with Gasteiger partial charge >= 0.3 is 0 Å². The van der Waals surface area contributed by atoms with Crippen LogP contribution < -0.4 is 17.2 Å². The van der Waals surface area contributed by atoms with E-state index in [0.29, 0.717) is 0 Å². The number of aromatic nitrogens is 3. The molecule has 0 bridgehead atoms. The summed E-state index contributed by atoms with van der Waals surface area (Å²) in [6.07, 6.45) is 0. The summed E-state index contributed by atoms with van der Waals surface area (Å²) in [6, 6.07) is 0. The first-order chi connectivity index (χ1) is 5.60. The fourth-order valence-corrected chi connectivity index (χ4v) is 0.427. The zero-order valence-electron chi connectivity index (χ0n) is 6.24. The molecule has 0 atom stereocenters. The highest BCUT2D eigenvalue weighted by Gasteiger charge is 1.93. The molecule has 0 saturated heterocycles. The molecule has 0 amide bonds. The highest BCUT2D eigenvalue weighted by Crippen LogP contribution is 1.97. The van der Waals surface area contributed by atoms with Gasteiger partial charge in [-0.05, 0) is 5.54 Å². The van der Waals surface area contributed by atoms with Crippen LogP contribution in [0.1, 0.15) is 0 Å². The molecule has 1 rings (SSSR count). The molecular weight excluding hydrogens is 180 g/mol. The van der Waals surface area contributed by atoms with Crippen LogP contribution in [0.3, 0.4) is 0 Å². The fraction of sp³-hybridized carbons (Fsp3) is 0. The van der Waals surface area contributed by atoms with Crippen LogP contribution in [0.25, 0.3) is 0 Å². The maximum Gasteiger partial charge on any atom is 0.226 e. The van der Waals surface area contributed by atoms with Crippen LogP contribution in [0.2, 0.25) is 0 Å². The van der Waals surface area contributed by atoms with Gasteiger partial charge < -0.3 is 17.2 Å². The summed E-state index contributed by atoms with van der Waals surface area (Å²) >= 11 is 4.76. The molecule has 1 aromatic rings. The first-order valence-corrected chi connectivity index (χ1v) is 3.27. The van der Waals surface area contributed by atoms with Crippen molar-refractivity contribution in [3.05, 3.63) is 12.1 Å². The van der Waals surface area contributed by atoms with Crippen molar-refractivity contribution in [3.8, 4) is 0 Å². The number of halogens is 1. The third-order valence-electron chi connectivity index (χ3n) is 0.687. The topological polar surface area (TPSA) is 117 Å². The van der Waals surface area contributed by atoms with Crippen molar-refractivity contribution in [2.45, 2.75) is 0 Å². The van der Waals surface area contributed by atoms with E-state index in [1.807, 2.05) is 0 Å². The van der Waals surface area contributed by atoms with Crippen LogP contribution in [-0.4, -0.2) is 15.0 Å². The van der Waals surface area contributed by atoms with Gasteiger partial charge in [0, 0.05) is 0 Å². The normalized spacial score (nSPS) is 8.08. The number of nitrogens with two attached hydrogens (primary N) is 3. The van der Waals surface area contributed by atoms with Gasteiger partial charge in [0.25, 0.3) is 0 Å². The largest absolute Gasteiger partial charge is 0.368 e. The summed E-state index contributed by atoms with van der Waals surface area (Å²) in [6.45, 7) is 3.13. The van der Waals surface area contributed by atoms with E-state index in [-0.39, 0.29) is 17.8 Å². The second kappa shape index (κ2) is 5.14. The molecular formula is C5H9ClN6. The molecule has 66 valence electrons. The Hall–Kier alpha value is -1.56. The van der Waals surface area contributed by atoms with E-state index in [0.717, 1.165) is 0 Å². The quantitative estimate of drug-likeness (QED) is 0.527. The zero-order chi connectivity index (χ0) is 9.56. The Morgan fingerprint density at radius 1 is 1.00 bits per heavy atom. The van der Waals surface area contributed by atoms with Gasteiger partial charge in [0.1, 0.15) is 0 Å². The van der Waals surface area contributed by atoms with Crippen molar-refractivity contribution in [3.63, 3.8) is 0 Å². The lowest BCUT2D eigenvalue weighted by molar-refractivity contribution is 1.09. The molecule has 7 heteroatoms. The maximum atomic E-state index is 5.14. The fourth-order valence-electron chi connectivity index (χ4n) is 0.427. The van der Waals surface area contributed by atoms with E-state index in [9.17, 15) is 0 Å². The number of hydrogen-bond donors (Lipinski definition) is 3. The first-order valence-electron chi connectivity index (χ1n) is 2.83. The Kier molecular flexibility index (Phi) is 4.47. The first kappa shape index (κ1) is 10.4. The van der Waals surface area contributed by atoms with Crippen molar-refractivity contribution in [1.82, 2.24) is 15.0 Å². The summed E-state index contributed by atoms with van der Waals surface area (Å²) in [5, 5.41) is 0. The lowest BCUT2D eigenvalue weighted by Crippen LogP contribution is -2.05. The van der Waals surface area contributed by atoms with Crippen molar-refractivity contribution < 1.29 is 0 Å². The van der Waals surface area contributed by atoms with E-state index in [1.54, 1.807) is 0 Å². The summed E-state index contributed by atoms with van der Waals surface area (Å²) in [7, 11) is 0. The monoisotopic (exact) mass is 188 g/mol. The summed E-state index contributed by atoms with van der Waals surface area (Å²) in [5.41, 5.74) is 16.6. The lowest BCUT2D eigenvalue weighted by atomic mass is 10.9. The van der Waals surface area contributed by atoms with E-state index in [2.05, 4.69) is 21.5 Å². The Morgan fingerprint density at radius 2 is 1.17 bits per heavy atom. The SMILES string of the molecule is C=CCl.Nc1nc(N)nc(N)n1. The van der Waals surface area contributed by atoms with E-state index >= 15 is 0 Å². The van der Waals surface area contributed by atoms with Gasteiger partial charge in [0.15, 0.2) is 0 Å². The lowest BCUT2D eigenvalue weighted by Gasteiger charge is -1.93. The van der Waals surface area contributed by atoms with Crippen LogP contribution in [-0.2, 0) is 0 Å². The van der Waals surface area contributed by atoms with Crippen LogP contribution in [0, 0.1) is 0 Å². The molecule has 6 nitrogen and oxygen atoms in total. The molecule has 0 spiro atoms. The van der Waals surface area contributed by atoms with Crippen LogP contribution in [0.4, 0.5) is 17.8 Å². The molecule has 0 fully saturated rings. The Labute approximate surface area is 74.5 Å². The zero-order valence-corrected chi connectivity index (χ0v) is 6.99. The van der Waals surface area contributed by atoms with Gasteiger partial charge in [0.2, 0.25) is 17.8 Å². The Balaban J connectivity index is 0.000000354. The smallest absolute Gasteiger partial charge is 0.226 e. The molecule has 0 aliphatic carbocycles. The van der Waals surface area contributed by atoms with Gasteiger partial charge in [-0.3, -0.25) is 0 Å². The van der Waals surface area contributed by atoms with Gasteiger partial charge in [-0.25, -0.2) is 0 Å². The standard InChI is InChI=1S/C3H6N6.C2H3Cl/c4-1-7-2(5)9-3(6)8-1;1-2-3/h(H6,4,5,6,7,8,9);2H,1H2. The minimum Gasteiger partial charge on any atom is -0.368 e. The molecule has 0 aliphatic heterocycles. The summed E-state index contributed by atoms with van der Waals surface area (Å²) < 4.78 is 0. The predicted molar refractivity (Wildman–Crippen MR) is 49.1 cm³/mol. The Morgan fingerprint density at radius 3 is 1.33 bits per heavy atom. The third-order valence-corrected chi connectivity index (χ3v) is 0.687. The van der Waals surface area contributed by atoms with Crippen molar-refractivity contribution in [2.75, 3.05) is 17.2 Å². The van der Waals surface area contributed by atoms with Gasteiger partial charge in [-0.1, -0.05) is 18.2 Å². The second-order valence-electron chi connectivity index (χ2n) is 1.56. The molecule has 1 aromatic heterocycles. The minimum absolute atomic E-state index is 0.0417. The summed E-state index contributed by atoms with van der Waals surface area (Å²) in [5.74, 6) is 0.125. The van der Waals surface area contributed by atoms with Gasteiger partial charge in [0.05, 0.1) is 0 Å². The number of anilines is 3. The Bertz CT molecular complexity index is 212. The van der Waals surface area contributed by atoms with Crippen molar-refractivity contribution >= 4 is 29.4 Å². The molecule has 1 heterocycles. The highest BCUT2D eigenvalue weighted by molar-refractivity contribution is 6.25. The molecule has 0 saturated carbocycles. The number of nitrogens with zero attached hydrogens (tertiary/aromatic N) is 3. The number of nitrogen functional groups attached to an aromatic ring is 3. The summed E-state index contributed by atoms with van der Waals surface area (Å²) in [4.78, 5) is 10.5. The average molecular weight is 189 g/mol. The number of rotatable bonds is 0. The molecule has 0 aliphatic rings. The minimum atomic E-state index is 0.0417. The van der Waals surface area contributed by atoms with Crippen LogP contribution >= 0.6 is 11.6 Å². The highest BCUT2D eigenvalue weighted by atomic mass is 35.5. The van der Waals surface area contributed by atoms with Crippen molar-refractivity contribution in [1.29, 1.82) is 0 Å². The molecule has 0 unspecified atom stereocenters. The van der Waals surface area contributed by atoms with E-state index < -0.39 is 0 Å². The van der Waals surface area contributed by atoms with Gasteiger partial charge in [-0.2, -0.15) is 15.0 Å². The maximum absolute atomic E-state index is 5.14. The van der Waals surface area contributed by atoms with Gasteiger partial charge in [-0.15, -0.1) is 0 Å². The van der Waals surface area contributed by atoms with E-state index in [4.69, 9.17) is 28.8 Å². The average Bonchev–Trinajstić information content (AvgIpc) is 1.84. The second-order valence-corrected chi connectivity index (χ2v) is 1.87. The van der Waals surface area contributed by atoms with E-state index in [1.165, 1.54) is 5.54 Å². The van der Waals surface area contributed by atoms with Crippen molar-refractivity contribution in [2.24, 2.45) is 0 Å². The molecule has 12 heavy (non-hydrogen) atoms. The van der Waals surface area contributed by atoms with Crippen LogP contribution in [0.5, 0.6) is 0 Å². The molecule has 0 radical (unpaired) electrons. The molecule has 0 aromatic carbocycles.